The summed E-state index contributed by atoms with van der Waals surface area (Å²) in [6.45, 7) is 0.302. The van der Waals surface area contributed by atoms with Crippen molar-refractivity contribution < 1.29 is 4.79 Å². The zero-order chi connectivity index (χ0) is 19.8. The molecule has 1 aliphatic carbocycles. The number of pyridine rings is 1. The molecule has 5 rings (SSSR count). The molecule has 1 aromatic carbocycles. The van der Waals surface area contributed by atoms with Gasteiger partial charge in [0.25, 0.3) is 5.56 Å². The molecule has 1 amide bonds. The number of nitrogens with zero attached hydrogens (tertiary/aromatic N) is 3. The topological polar surface area (TPSA) is 76.9 Å². The van der Waals surface area contributed by atoms with Crippen LogP contribution in [0.2, 0.25) is 0 Å². The Kier molecular flexibility index (Phi) is 4.60. The molecule has 7 heteroatoms. The number of nitrogens with one attached hydrogen (secondary N) is 1. The third kappa shape index (κ3) is 3.31. The number of hydrogen-bond donors (Lipinski definition) is 1. The number of carbonyl (C=O) groups excluding carboxylic acids is 1. The third-order valence-corrected chi connectivity index (χ3v) is 6.63. The molecule has 1 N–H and O–H groups in total. The van der Waals surface area contributed by atoms with Gasteiger partial charge in [0.05, 0.1) is 22.9 Å². The van der Waals surface area contributed by atoms with Crippen molar-refractivity contribution in [2.45, 2.75) is 38.6 Å². The van der Waals surface area contributed by atoms with E-state index in [0.29, 0.717) is 12.2 Å². The first-order valence-corrected chi connectivity index (χ1v) is 10.7. The summed E-state index contributed by atoms with van der Waals surface area (Å²) in [4.78, 5) is 36.5. The highest BCUT2D eigenvalue weighted by molar-refractivity contribution is 7.18. The quantitative estimate of drug-likeness (QED) is 0.559. The normalized spacial score (nSPS) is 13.5. The number of hydrogen-bond acceptors (Lipinski definition) is 5. The summed E-state index contributed by atoms with van der Waals surface area (Å²) in [6.07, 6.45) is 7.76. The van der Waals surface area contributed by atoms with E-state index in [1.165, 1.54) is 16.9 Å². The largest absolute Gasteiger partial charge is 0.324 e. The molecule has 0 bridgehead atoms. The van der Waals surface area contributed by atoms with Gasteiger partial charge in [0.2, 0.25) is 5.91 Å². The lowest BCUT2D eigenvalue weighted by Gasteiger charge is -2.11. The Bertz CT molecular complexity index is 1290. The number of rotatable bonds is 4. The van der Waals surface area contributed by atoms with E-state index in [1.54, 1.807) is 28.4 Å². The maximum atomic E-state index is 13.0. The molecule has 0 atom stereocenters. The Morgan fingerprint density at radius 2 is 2.00 bits per heavy atom. The molecule has 0 saturated heterocycles. The second-order valence-electron chi connectivity index (χ2n) is 7.31. The van der Waals surface area contributed by atoms with Crippen LogP contribution in [-0.4, -0.2) is 20.4 Å². The van der Waals surface area contributed by atoms with E-state index in [1.807, 2.05) is 30.3 Å². The monoisotopic (exact) mass is 404 g/mol. The molecule has 146 valence electrons. The molecule has 1 aliphatic rings. The van der Waals surface area contributed by atoms with Gasteiger partial charge in [0.1, 0.15) is 4.83 Å². The van der Waals surface area contributed by atoms with Gasteiger partial charge in [0, 0.05) is 29.4 Å². The summed E-state index contributed by atoms with van der Waals surface area (Å²) in [5.41, 5.74) is 2.58. The Labute approximate surface area is 171 Å². The van der Waals surface area contributed by atoms with Crippen LogP contribution < -0.4 is 10.9 Å². The molecule has 0 unspecified atom stereocenters. The molecule has 0 radical (unpaired) electrons. The van der Waals surface area contributed by atoms with Crippen LogP contribution in [0.25, 0.3) is 21.1 Å². The molecule has 0 fully saturated rings. The fourth-order valence-corrected chi connectivity index (χ4v) is 5.20. The smallest absolute Gasteiger partial charge is 0.262 e. The van der Waals surface area contributed by atoms with E-state index in [4.69, 9.17) is 0 Å². The highest BCUT2D eigenvalue weighted by Crippen LogP contribution is 2.33. The van der Waals surface area contributed by atoms with Crippen molar-refractivity contribution in [3.8, 4) is 0 Å². The van der Waals surface area contributed by atoms with Crippen LogP contribution in [0, 0.1) is 0 Å². The van der Waals surface area contributed by atoms with E-state index in [9.17, 15) is 9.59 Å². The summed E-state index contributed by atoms with van der Waals surface area (Å²) in [6, 6.07) is 9.51. The van der Waals surface area contributed by atoms with E-state index >= 15 is 0 Å². The molecule has 0 spiro atoms. The molecule has 4 aromatic rings. The summed E-state index contributed by atoms with van der Waals surface area (Å²) in [5, 5.41) is 4.65. The second kappa shape index (κ2) is 7.40. The number of benzene rings is 1. The summed E-state index contributed by atoms with van der Waals surface area (Å²) in [7, 11) is 0. The van der Waals surface area contributed by atoms with E-state index in [2.05, 4.69) is 15.3 Å². The van der Waals surface area contributed by atoms with Crippen molar-refractivity contribution in [1.82, 2.24) is 14.5 Å². The van der Waals surface area contributed by atoms with Crippen molar-refractivity contribution in [2.75, 3.05) is 5.32 Å². The third-order valence-electron chi connectivity index (χ3n) is 5.43. The maximum Gasteiger partial charge on any atom is 0.262 e. The summed E-state index contributed by atoms with van der Waals surface area (Å²) >= 11 is 1.64. The predicted molar refractivity (Wildman–Crippen MR) is 116 cm³/mol. The summed E-state index contributed by atoms with van der Waals surface area (Å²) < 4.78 is 1.56. The number of aromatic nitrogens is 3. The summed E-state index contributed by atoms with van der Waals surface area (Å²) in [5.74, 6) is -0.150. The molecule has 0 saturated carbocycles. The van der Waals surface area contributed by atoms with Gasteiger partial charge in [-0.2, -0.15) is 0 Å². The molecule has 3 aromatic heterocycles. The van der Waals surface area contributed by atoms with Crippen molar-refractivity contribution in [1.29, 1.82) is 0 Å². The minimum Gasteiger partial charge on any atom is -0.324 e. The lowest BCUT2D eigenvalue weighted by molar-refractivity contribution is -0.116. The number of anilines is 1. The molecule has 6 nitrogen and oxygen atoms in total. The number of fused-ring (bicyclic) bond motifs is 4. The van der Waals surface area contributed by atoms with Crippen molar-refractivity contribution in [2.24, 2.45) is 0 Å². The fourth-order valence-electron chi connectivity index (χ4n) is 3.98. The maximum absolute atomic E-state index is 13.0. The standard InChI is InChI=1S/C22H20N4O2S/c27-18(25-16-8-3-5-14-6-4-11-23-20(14)16)10-12-26-13-24-21-19(22(26)28)15-7-1-2-9-17(15)29-21/h3-6,8,11,13H,1-2,7,9-10,12H2,(H,25,27). The van der Waals surface area contributed by atoms with Gasteiger partial charge >= 0.3 is 0 Å². The van der Waals surface area contributed by atoms with Crippen molar-refractivity contribution in [3.63, 3.8) is 0 Å². The zero-order valence-corrected chi connectivity index (χ0v) is 16.7. The number of carbonyl (C=O) groups is 1. The van der Waals surface area contributed by atoms with E-state index in [0.717, 1.165) is 40.4 Å². The van der Waals surface area contributed by atoms with Gasteiger partial charge < -0.3 is 5.32 Å². The van der Waals surface area contributed by atoms with E-state index < -0.39 is 0 Å². The number of para-hydroxylation sites is 1. The Morgan fingerprint density at radius 1 is 1.14 bits per heavy atom. The van der Waals surface area contributed by atoms with Crippen LogP contribution in [0.15, 0.2) is 47.7 Å². The van der Waals surface area contributed by atoms with Gasteiger partial charge in [-0.3, -0.25) is 19.1 Å². The molecule has 3 heterocycles. The first-order chi connectivity index (χ1) is 14.2. The first-order valence-electron chi connectivity index (χ1n) is 9.84. The average molecular weight is 404 g/mol. The van der Waals surface area contributed by atoms with Gasteiger partial charge in [-0.1, -0.05) is 18.2 Å². The van der Waals surface area contributed by atoms with Crippen molar-refractivity contribution >= 4 is 44.1 Å². The van der Waals surface area contributed by atoms with Crippen LogP contribution in [0.3, 0.4) is 0 Å². The molecular weight excluding hydrogens is 384 g/mol. The van der Waals surface area contributed by atoms with Gasteiger partial charge in [-0.25, -0.2) is 4.98 Å². The lowest BCUT2D eigenvalue weighted by atomic mass is 9.97. The van der Waals surface area contributed by atoms with Crippen molar-refractivity contribution in [3.05, 3.63) is 63.7 Å². The van der Waals surface area contributed by atoms with Crippen LogP contribution in [0.5, 0.6) is 0 Å². The average Bonchev–Trinajstić information content (AvgIpc) is 3.13. The van der Waals surface area contributed by atoms with Crippen LogP contribution in [0.4, 0.5) is 5.69 Å². The number of amides is 1. The lowest BCUT2D eigenvalue weighted by Crippen LogP contribution is -2.24. The first kappa shape index (κ1) is 18.0. The minimum atomic E-state index is -0.150. The van der Waals surface area contributed by atoms with E-state index in [-0.39, 0.29) is 17.9 Å². The van der Waals surface area contributed by atoms with Gasteiger partial charge in [0.15, 0.2) is 0 Å². The SMILES string of the molecule is O=C(CCn1cnc2sc3c(c2c1=O)CCCC3)Nc1cccc2cccnc12. The highest BCUT2D eigenvalue weighted by atomic mass is 32.1. The Morgan fingerprint density at radius 3 is 2.93 bits per heavy atom. The zero-order valence-electron chi connectivity index (χ0n) is 15.9. The minimum absolute atomic E-state index is 0.0333. The second-order valence-corrected chi connectivity index (χ2v) is 8.40. The highest BCUT2D eigenvalue weighted by Gasteiger charge is 2.20. The predicted octanol–water partition coefficient (Wildman–Crippen LogP) is 3.91. The Balaban J connectivity index is 1.36. The Hall–Kier alpha value is -3.06. The van der Waals surface area contributed by atoms with Gasteiger partial charge in [-0.05, 0) is 43.4 Å². The number of thiophene rings is 1. The van der Waals surface area contributed by atoms with Crippen LogP contribution >= 0.6 is 11.3 Å². The molecular formula is C22H20N4O2S. The molecule has 0 aliphatic heterocycles. The number of aryl methyl sites for hydroxylation is 3. The van der Waals surface area contributed by atoms with Gasteiger partial charge in [-0.15, -0.1) is 11.3 Å². The van der Waals surface area contributed by atoms with Crippen LogP contribution in [0.1, 0.15) is 29.7 Å². The fraction of sp³-hybridized carbons (Fsp3) is 0.273. The van der Waals surface area contributed by atoms with Crippen LogP contribution in [-0.2, 0) is 24.2 Å². The molecule has 29 heavy (non-hydrogen) atoms.